The molecule has 2 unspecified atom stereocenters. The molecule has 1 saturated carbocycles. The zero-order valence-corrected chi connectivity index (χ0v) is 12.4. The van der Waals surface area contributed by atoms with E-state index in [9.17, 15) is 0 Å². The van der Waals surface area contributed by atoms with Crippen molar-refractivity contribution in [2.75, 3.05) is 13.2 Å². The molecule has 1 aromatic heterocycles. The zero-order chi connectivity index (χ0) is 13.6. The summed E-state index contributed by atoms with van der Waals surface area (Å²) in [6.07, 6.45) is 5.04. The highest BCUT2D eigenvalue weighted by Crippen LogP contribution is 2.49. The lowest BCUT2D eigenvalue weighted by atomic mass is 9.76. The molecule has 0 radical (unpaired) electrons. The molecule has 2 N–H and O–H groups in total. The minimum absolute atomic E-state index is 0.120. The molecule has 0 bridgehead atoms. The summed E-state index contributed by atoms with van der Waals surface area (Å²) in [5, 5.41) is 1.22. The zero-order valence-electron chi connectivity index (χ0n) is 11.5. The monoisotopic (exact) mass is 288 g/mol. The summed E-state index contributed by atoms with van der Waals surface area (Å²) in [5.74, 6) is 0.746. The number of ether oxygens (including phenoxy) is 1. The molecule has 1 saturated heterocycles. The van der Waals surface area contributed by atoms with Crippen molar-refractivity contribution < 1.29 is 4.74 Å². The van der Waals surface area contributed by atoms with Crippen molar-refractivity contribution in [3.8, 4) is 0 Å². The maximum absolute atomic E-state index is 6.16. The first-order valence-electron chi connectivity index (χ1n) is 7.47. The third-order valence-corrected chi connectivity index (χ3v) is 5.84. The predicted molar refractivity (Wildman–Crippen MR) is 81.9 cm³/mol. The summed E-state index contributed by atoms with van der Waals surface area (Å²) >= 11 is 1.81. The smallest absolute Gasteiger partial charge is 0.0945 e. The Hall–Kier alpha value is -0.970. The largest absolute Gasteiger partial charge is 0.377 e. The third kappa shape index (κ3) is 2.07. The number of thiazole rings is 1. The van der Waals surface area contributed by atoms with Gasteiger partial charge in [-0.15, -0.1) is 11.3 Å². The second kappa shape index (κ2) is 4.79. The number of hydrogen-bond donors (Lipinski definition) is 1. The van der Waals surface area contributed by atoms with Gasteiger partial charge in [-0.25, -0.2) is 4.98 Å². The molecule has 1 aromatic carbocycles. The fourth-order valence-corrected chi connectivity index (χ4v) is 4.64. The fraction of sp³-hybridized carbons (Fsp3) is 0.562. The average Bonchev–Trinajstić information content (AvgIpc) is 3.09. The first-order valence-corrected chi connectivity index (χ1v) is 8.28. The number of rotatable bonds is 4. The van der Waals surface area contributed by atoms with Crippen LogP contribution in [0.25, 0.3) is 10.2 Å². The second-order valence-electron chi connectivity index (χ2n) is 6.20. The van der Waals surface area contributed by atoms with Crippen molar-refractivity contribution in [1.82, 2.24) is 4.98 Å². The Morgan fingerprint density at radius 3 is 2.95 bits per heavy atom. The molecule has 2 fully saturated rings. The van der Waals surface area contributed by atoms with Gasteiger partial charge in [0.25, 0.3) is 0 Å². The molecule has 106 valence electrons. The summed E-state index contributed by atoms with van der Waals surface area (Å²) in [4.78, 5) is 4.79. The van der Waals surface area contributed by atoms with E-state index in [1.165, 1.54) is 22.5 Å². The Kier molecular flexibility index (Phi) is 3.05. The molecule has 2 aliphatic rings. The van der Waals surface area contributed by atoms with Crippen LogP contribution in [0.2, 0.25) is 0 Å². The van der Waals surface area contributed by atoms with Crippen molar-refractivity contribution >= 4 is 21.6 Å². The van der Waals surface area contributed by atoms with Gasteiger partial charge < -0.3 is 10.5 Å². The molecule has 0 amide bonds. The van der Waals surface area contributed by atoms with Crippen LogP contribution in [-0.2, 0) is 11.2 Å². The predicted octanol–water partition coefficient (Wildman–Crippen LogP) is 2.98. The SMILES string of the molecule is NCC1(Cc2nc3ccccc3s2)CCOC1C1CC1. The molecule has 4 rings (SSSR count). The second-order valence-corrected chi connectivity index (χ2v) is 7.31. The highest BCUT2D eigenvalue weighted by Gasteiger charge is 2.50. The van der Waals surface area contributed by atoms with Gasteiger partial charge in [0.15, 0.2) is 0 Å². The van der Waals surface area contributed by atoms with E-state index in [0.717, 1.165) is 30.9 Å². The van der Waals surface area contributed by atoms with Gasteiger partial charge in [-0.1, -0.05) is 12.1 Å². The molecule has 2 aromatic rings. The van der Waals surface area contributed by atoms with Gasteiger partial charge in [0.2, 0.25) is 0 Å². The van der Waals surface area contributed by atoms with Crippen LogP contribution in [0.1, 0.15) is 24.3 Å². The van der Waals surface area contributed by atoms with Gasteiger partial charge in [0.05, 0.1) is 21.3 Å². The van der Waals surface area contributed by atoms with E-state index in [1.807, 2.05) is 11.3 Å². The van der Waals surface area contributed by atoms with Crippen molar-refractivity contribution in [2.24, 2.45) is 17.1 Å². The van der Waals surface area contributed by atoms with Gasteiger partial charge in [-0.05, 0) is 37.3 Å². The lowest BCUT2D eigenvalue weighted by Crippen LogP contribution is -2.41. The van der Waals surface area contributed by atoms with Crippen molar-refractivity contribution in [3.63, 3.8) is 0 Å². The summed E-state index contributed by atoms with van der Waals surface area (Å²) in [6, 6.07) is 8.37. The first kappa shape index (κ1) is 12.7. The van der Waals surface area contributed by atoms with Gasteiger partial charge >= 0.3 is 0 Å². The molecule has 2 atom stereocenters. The number of nitrogens with two attached hydrogens (primary N) is 1. The van der Waals surface area contributed by atoms with Crippen LogP contribution < -0.4 is 5.73 Å². The van der Waals surface area contributed by atoms with E-state index in [0.29, 0.717) is 12.6 Å². The topological polar surface area (TPSA) is 48.1 Å². The summed E-state index contributed by atoms with van der Waals surface area (Å²) in [6.45, 7) is 1.58. The molecule has 4 heteroatoms. The maximum Gasteiger partial charge on any atom is 0.0945 e. The highest BCUT2D eigenvalue weighted by molar-refractivity contribution is 7.18. The normalized spacial score (nSPS) is 30.1. The fourth-order valence-electron chi connectivity index (χ4n) is 3.52. The minimum atomic E-state index is 0.120. The number of aromatic nitrogens is 1. The lowest BCUT2D eigenvalue weighted by molar-refractivity contribution is 0.0345. The molecule has 1 aliphatic carbocycles. The Morgan fingerprint density at radius 2 is 2.20 bits per heavy atom. The van der Waals surface area contributed by atoms with E-state index >= 15 is 0 Å². The van der Waals surface area contributed by atoms with E-state index in [-0.39, 0.29) is 5.41 Å². The molecule has 2 heterocycles. The van der Waals surface area contributed by atoms with Crippen molar-refractivity contribution in [3.05, 3.63) is 29.3 Å². The van der Waals surface area contributed by atoms with Crippen LogP contribution in [0.3, 0.4) is 0 Å². The van der Waals surface area contributed by atoms with Crippen molar-refractivity contribution in [1.29, 1.82) is 0 Å². The van der Waals surface area contributed by atoms with Crippen LogP contribution in [0, 0.1) is 11.3 Å². The van der Waals surface area contributed by atoms with Crippen LogP contribution in [0.5, 0.6) is 0 Å². The lowest BCUT2D eigenvalue weighted by Gasteiger charge is -2.32. The summed E-state index contributed by atoms with van der Waals surface area (Å²) in [7, 11) is 0. The van der Waals surface area contributed by atoms with Crippen LogP contribution >= 0.6 is 11.3 Å². The van der Waals surface area contributed by atoms with Gasteiger partial charge in [-0.3, -0.25) is 0 Å². The van der Waals surface area contributed by atoms with Crippen LogP contribution in [0.15, 0.2) is 24.3 Å². The molecular weight excluding hydrogens is 268 g/mol. The highest BCUT2D eigenvalue weighted by atomic mass is 32.1. The van der Waals surface area contributed by atoms with Gasteiger partial charge in [-0.2, -0.15) is 0 Å². The number of benzene rings is 1. The van der Waals surface area contributed by atoms with Gasteiger partial charge in [0.1, 0.15) is 0 Å². The van der Waals surface area contributed by atoms with Crippen LogP contribution in [-0.4, -0.2) is 24.2 Å². The van der Waals surface area contributed by atoms with E-state index in [1.54, 1.807) is 0 Å². The molecular formula is C16H20N2OS. The maximum atomic E-state index is 6.16. The summed E-state index contributed by atoms with van der Waals surface area (Å²) < 4.78 is 7.30. The van der Waals surface area contributed by atoms with E-state index < -0.39 is 0 Å². The Morgan fingerprint density at radius 1 is 1.35 bits per heavy atom. The molecule has 3 nitrogen and oxygen atoms in total. The quantitative estimate of drug-likeness (QED) is 0.941. The standard InChI is InChI=1S/C16H20N2OS/c17-10-16(7-8-19-15(16)11-5-6-11)9-14-18-12-3-1-2-4-13(12)20-14/h1-4,11,15H,5-10,17H2. The first-order chi connectivity index (χ1) is 9.81. The molecule has 20 heavy (non-hydrogen) atoms. The molecule has 0 spiro atoms. The minimum Gasteiger partial charge on any atom is -0.377 e. The van der Waals surface area contributed by atoms with Gasteiger partial charge in [0, 0.05) is 25.0 Å². The van der Waals surface area contributed by atoms with Crippen molar-refractivity contribution in [2.45, 2.75) is 31.8 Å². The number of fused-ring (bicyclic) bond motifs is 1. The Balaban J connectivity index is 1.64. The number of hydrogen-bond acceptors (Lipinski definition) is 4. The Labute approximate surface area is 123 Å². The summed E-state index contributed by atoms with van der Waals surface area (Å²) in [5.41, 5.74) is 7.40. The van der Waals surface area contributed by atoms with E-state index in [2.05, 4.69) is 24.3 Å². The van der Waals surface area contributed by atoms with Crippen LogP contribution in [0.4, 0.5) is 0 Å². The number of para-hydroxylation sites is 1. The Bertz CT molecular complexity index is 589. The average molecular weight is 288 g/mol. The van der Waals surface area contributed by atoms with E-state index in [4.69, 9.17) is 15.5 Å². The number of nitrogens with zero attached hydrogens (tertiary/aromatic N) is 1. The third-order valence-electron chi connectivity index (χ3n) is 4.80. The molecule has 1 aliphatic heterocycles.